The van der Waals surface area contributed by atoms with Crippen LogP contribution < -0.4 is 15.0 Å². The first kappa shape index (κ1) is 21.6. The molecular weight excluding hydrogens is 386 g/mol. The topological polar surface area (TPSA) is 93.9 Å². The number of nitrogens with zero attached hydrogens (tertiary/aromatic N) is 2. The van der Waals surface area contributed by atoms with E-state index in [-0.39, 0.29) is 23.6 Å². The van der Waals surface area contributed by atoms with Gasteiger partial charge in [-0.05, 0) is 35.2 Å². The third-order valence-corrected chi connectivity index (χ3v) is 4.90. The number of amides is 1. The van der Waals surface area contributed by atoms with Crippen LogP contribution in [0.2, 0.25) is 0 Å². The summed E-state index contributed by atoms with van der Waals surface area (Å²) in [5.41, 5.74) is 2.05. The molecule has 1 N–H and O–H groups in total. The molecule has 2 aromatic rings. The Hall–Kier alpha value is -3.13. The molecule has 1 saturated heterocycles. The number of hydrogen-bond donors (Lipinski definition) is 1. The van der Waals surface area contributed by atoms with E-state index < -0.39 is 4.92 Å². The maximum absolute atomic E-state index is 12.2. The molecule has 0 aliphatic carbocycles. The maximum Gasteiger partial charge on any atom is 0.294 e. The molecule has 3 rings (SSSR count). The standard InChI is InChI=1S/C22H27N3O5/c1-22(2,3)16-4-7-18(8-5-16)30-15-21(26)23-17-6-9-19(20(14-17)25(27)28)24-10-12-29-13-11-24/h4-9,14H,10-13,15H2,1-3H3,(H,23,26). The monoisotopic (exact) mass is 413 g/mol. The molecule has 1 heterocycles. The summed E-state index contributed by atoms with van der Waals surface area (Å²) in [6, 6.07) is 12.3. The predicted octanol–water partition coefficient (Wildman–Crippen LogP) is 3.75. The molecule has 8 nitrogen and oxygen atoms in total. The van der Waals surface area contributed by atoms with Crippen molar-refractivity contribution in [2.24, 2.45) is 0 Å². The Bertz CT molecular complexity index is 900. The van der Waals surface area contributed by atoms with Gasteiger partial charge in [0.1, 0.15) is 11.4 Å². The lowest BCUT2D eigenvalue weighted by Gasteiger charge is -2.28. The molecule has 1 amide bonds. The summed E-state index contributed by atoms with van der Waals surface area (Å²) in [4.78, 5) is 25.2. The molecule has 160 valence electrons. The molecule has 0 unspecified atom stereocenters. The normalized spacial score (nSPS) is 14.3. The highest BCUT2D eigenvalue weighted by molar-refractivity contribution is 5.92. The van der Waals surface area contributed by atoms with Gasteiger partial charge in [-0.1, -0.05) is 32.9 Å². The van der Waals surface area contributed by atoms with Crippen molar-refractivity contribution in [3.8, 4) is 5.75 Å². The SMILES string of the molecule is CC(C)(C)c1ccc(OCC(=O)Nc2ccc(N3CCOCC3)c([N+](=O)[O-])c2)cc1. The molecule has 0 atom stereocenters. The van der Waals surface area contributed by atoms with Crippen LogP contribution in [0.15, 0.2) is 42.5 Å². The Balaban J connectivity index is 1.62. The molecular formula is C22H27N3O5. The number of hydrogen-bond acceptors (Lipinski definition) is 6. The second-order valence-corrected chi connectivity index (χ2v) is 8.17. The average molecular weight is 413 g/mol. The van der Waals surface area contributed by atoms with E-state index in [2.05, 4.69) is 26.1 Å². The van der Waals surface area contributed by atoms with Gasteiger partial charge in [-0.2, -0.15) is 0 Å². The van der Waals surface area contributed by atoms with Gasteiger partial charge in [0, 0.05) is 24.8 Å². The van der Waals surface area contributed by atoms with Crippen LogP contribution in [0.4, 0.5) is 17.1 Å². The van der Waals surface area contributed by atoms with Gasteiger partial charge in [0.15, 0.2) is 6.61 Å². The Labute approximate surface area is 175 Å². The molecule has 0 radical (unpaired) electrons. The van der Waals surface area contributed by atoms with Crippen molar-refractivity contribution in [2.75, 3.05) is 43.1 Å². The van der Waals surface area contributed by atoms with E-state index in [0.29, 0.717) is 43.4 Å². The van der Waals surface area contributed by atoms with E-state index in [1.165, 1.54) is 11.6 Å². The number of carbonyl (C=O) groups excluding carboxylic acids is 1. The van der Waals surface area contributed by atoms with Crippen LogP contribution in [0.3, 0.4) is 0 Å². The Morgan fingerprint density at radius 1 is 1.17 bits per heavy atom. The fourth-order valence-corrected chi connectivity index (χ4v) is 3.22. The number of rotatable bonds is 6. The van der Waals surface area contributed by atoms with E-state index >= 15 is 0 Å². The van der Waals surface area contributed by atoms with Crippen molar-refractivity contribution < 1.29 is 19.2 Å². The summed E-state index contributed by atoms with van der Waals surface area (Å²) in [6.45, 7) is 8.43. The predicted molar refractivity (Wildman–Crippen MR) is 115 cm³/mol. The zero-order chi connectivity index (χ0) is 21.7. The fraction of sp³-hybridized carbons (Fsp3) is 0.409. The van der Waals surface area contributed by atoms with Gasteiger partial charge >= 0.3 is 0 Å². The van der Waals surface area contributed by atoms with Crippen LogP contribution in [-0.2, 0) is 14.9 Å². The molecule has 1 fully saturated rings. The fourth-order valence-electron chi connectivity index (χ4n) is 3.22. The average Bonchev–Trinajstić information content (AvgIpc) is 2.72. The Kier molecular flexibility index (Phi) is 6.56. The summed E-state index contributed by atoms with van der Waals surface area (Å²) < 4.78 is 10.8. The highest BCUT2D eigenvalue weighted by Gasteiger charge is 2.22. The van der Waals surface area contributed by atoms with Gasteiger partial charge in [-0.3, -0.25) is 14.9 Å². The number of nitrogens with one attached hydrogen (secondary N) is 1. The van der Waals surface area contributed by atoms with E-state index in [9.17, 15) is 14.9 Å². The Morgan fingerprint density at radius 2 is 1.83 bits per heavy atom. The smallest absolute Gasteiger partial charge is 0.294 e. The molecule has 8 heteroatoms. The lowest BCUT2D eigenvalue weighted by molar-refractivity contribution is -0.384. The number of carbonyl (C=O) groups is 1. The molecule has 0 aromatic heterocycles. The highest BCUT2D eigenvalue weighted by Crippen LogP contribution is 2.31. The summed E-state index contributed by atoms with van der Waals surface area (Å²) in [7, 11) is 0. The first-order valence-corrected chi connectivity index (χ1v) is 9.88. The van der Waals surface area contributed by atoms with Crippen molar-refractivity contribution >= 4 is 23.0 Å². The van der Waals surface area contributed by atoms with Crippen molar-refractivity contribution in [1.82, 2.24) is 0 Å². The second kappa shape index (κ2) is 9.13. The summed E-state index contributed by atoms with van der Waals surface area (Å²) >= 11 is 0. The number of nitro benzene ring substituents is 1. The van der Waals surface area contributed by atoms with E-state index in [1.54, 1.807) is 12.1 Å². The van der Waals surface area contributed by atoms with Gasteiger partial charge in [-0.15, -0.1) is 0 Å². The van der Waals surface area contributed by atoms with Crippen LogP contribution >= 0.6 is 0 Å². The number of benzene rings is 2. The van der Waals surface area contributed by atoms with Gasteiger partial charge < -0.3 is 19.7 Å². The quantitative estimate of drug-likeness (QED) is 0.573. The van der Waals surface area contributed by atoms with Crippen molar-refractivity contribution in [3.05, 3.63) is 58.1 Å². The second-order valence-electron chi connectivity index (χ2n) is 8.17. The van der Waals surface area contributed by atoms with E-state index in [4.69, 9.17) is 9.47 Å². The third kappa shape index (κ3) is 5.48. The minimum absolute atomic E-state index is 0.0397. The van der Waals surface area contributed by atoms with Gasteiger partial charge in [0.05, 0.1) is 18.1 Å². The van der Waals surface area contributed by atoms with E-state index in [1.807, 2.05) is 29.2 Å². The third-order valence-electron chi connectivity index (χ3n) is 4.90. The molecule has 30 heavy (non-hydrogen) atoms. The van der Waals surface area contributed by atoms with Crippen molar-refractivity contribution in [3.63, 3.8) is 0 Å². The van der Waals surface area contributed by atoms with Crippen LogP contribution in [0.25, 0.3) is 0 Å². The zero-order valence-corrected chi connectivity index (χ0v) is 17.5. The number of nitro groups is 1. The van der Waals surface area contributed by atoms with Gasteiger partial charge in [0.2, 0.25) is 0 Å². The highest BCUT2D eigenvalue weighted by atomic mass is 16.6. The van der Waals surface area contributed by atoms with Crippen LogP contribution in [0.1, 0.15) is 26.3 Å². The number of anilines is 2. The largest absolute Gasteiger partial charge is 0.484 e. The van der Waals surface area contributed by atoms with Gasteiger partial charge in [0.25, 0.3) is 11.6 Å². The summed E-state index contributed by atoms with van der Waals surface area (Å²) in [5, 5.41) is 14.2. The van der Waals surface area contributed by atoms with E-state index in [0.717, 1.165) is 0 Å². The van der Waals surface area contributed by atoms with Gasteiger partial charge in [-0.25, -0.2) is 0 Å². The molecule has 0 saturated carbocycles. The van der Waals surface area contributed by atoms with Crippen molar-refractivity contribution in [2.45, 2.75) is 26.2 Å². The van der Waals surface area contributed by atoms with Crippen molar-refractivity contribution in [1.29, 1.82) is 0 Å². The summed E-state index contributed by atoms with van der Waals surface area (Å²) in [5.74, 6) is 0.204. The zero-order valence-electron chi connectivity index (χ0n) is 17.5. The number of ether oxygens (including phenoxy) is 2. The number of morpholine rings is 1. The minimum Gasteiger partial charge on any atom is -0.484 e. The lowest BCUT2D eigenvalue weighted by atomic mass is 9.87. The van der Waals surface area contributed by atoms with Crippen LogP contribution in [0.5, 0.6) is 5.75 Å². The molecule has 0 bridgehead atoms. The lowest BCUT2D eigenvalue weighted by Crippen LogP contribution is -2.36. The molecule has 1 aliphatic rings. The molecule has 1 aliphatic heterocycles. The maximum atomic E-state index is 12.2. The van der Waals surface area contributed by atoms with Crippen LogP contribution in [-0.4, -0.2) is 43.7 Å². The summed E-state index contributed by atoms with van der Waals surface area (Å²) in [6.07, 6.45) is 0. The first-order valence-electron chi connectivity index (χ1n) is 9.88. The first-order chi connectivity index (χ1) is 14.2. The van der Waals surface area contributed by atoms with Crippen LogP contribution in [0, 0.1) is 10.1 Å². The Morgan fingerprint density at radius 3 is 2.43 bits per heavy atom. The molecule has 0 spiro atoms. The minimum atomic E-state index is -0.437. The molecule has 2 aromatic carbocycles.